The van der Waals surface area contributed by atoms with Gasteiger partial charge in [0.05, 0.1) is 11.9 Å². The summed E-state index contributed by atoms with van der Waals surface area (Å²) >= 11 is 0. The van der Waals surface area contributed by atoms with Crippen LogP contribution in [0.2, 0.25) is 0 Å². The molecule has 0 saturated heterocycles. The largest absolute Gasteiger partial charge is 0.348 e. The minimum absolute atomic E-state index is 0.136. The van der Waals surface area contributed by atoms with E-state index in [2.05, 4.69) is 15.6 Å². The van der Waals surface area contributed by atoms with E-state index in [0.717, 1.165) is 12.1 Å². The Hall–Kier alpha value is -2.17. The number of aromatic nitrogens is 3. The summed E-state index contributed by atoms with van der Waals surface area (Å²) in [6.45, 7) is 6.01. The van der Waals surface area contributed by atoms with Gasteiger partial charge < -0.3 is 5.32 Å². The number of aryl methyl sites for hydroxylation is 1. The molecule has 1 aromatic carbocycles. The summed E-state index contributed by atoms with van der Waals surface area (Å²) in [5, 5.41) is 10.7. The fraction of sp³-hybridized carbons (Fsp3) is 0.357. The van der Waals surface area contributed by atoms with E-state index < -0.39 is 0 Å². The Labute approximate surface area is 112 Å². The minimum atomic E-state index is -0.187. The van der Waals surface area contributed by atoms with Crippen LogP contribution in [0, 0.1) is 6.92 Å². The van der Waals surface area contributed by atoms with Crippen LogP contribution in [0.15, 0.2) is 30.5 Å². The first kappa shape index (κ1) is 13.3. The van der Waals surface area contributed by atoms with E-state index >= 15 is 0 Å². The van der Waals surface area contributed by atoms with Gasteiger partial charge in [0, 0.05) is 6.04 Å². The Bertz CT molecular complexity index is 559. The summed E-state index contributed by atoms with van der Waals surface area (Å²) in [5.41, 5.74) is 2.40. The van der Waals surface area contributed by atoms with Crippen LogP contribution in [0.1, 0.15) is 36.3 Å². The Morgan fingerprint density at radius 3 is 2.68 bits per heavy atom. The van der Waals surface area contributed by atoms with Crippen molar-refractivity contribution in [3.05, 3.63) is 41.7 Å². The molecule has 0 unspecified atom stereocenters. The van der Waals surface area contributed by atoms with Gasteiger partial charge in [0.1, 0.15) is 0 Å². The highest BCUT2D eigenvalue weighted by Gasteiger charge is 2.13. The van der Waals surface area contributed by atoms with Crippen LogP contribution < -0.4 is 5.32 Å². The zero-order valence-electron chi connectivity index (χ0n) is 11.4. The quantitative estimate of drug-likeness (QED) is 0.913. The van der Waals surface area contributed by atoms with Crippen LogP contribution in [-0.4, -0.2) is 26.9 Å². The second-order valence-electron chi connectivity index (χ2n) is 4.67. The maximum Gasteiger partial charge on any atom is 0.273 e. The van der Waals surface area contributed by atoms with Crippen molar-refractivity contribution in [1.82, 2.24) is 20.3 Å². The zero-order valence-corrected chi connectivity index (χ0v) is 11.4. The van der Waals surface area contributed by atoms with Gasteiger partial charge in [0.2, 0.25) is 0 Å². The molecule has 1 aromatic heterocycles. The van der Waals surface area contributed by atoms with E-state index in [1.54, 1.807) is 10.9 Å². The van der Waals surface area contributed by atoms with E-state index in [9.17, 15) is 4.79 Å². The first-order valence-corrected chi connectivity index (χ1v) is 6.40. The van der Waals surface area contributed by atoms with E-state index in [4.69, 9.17) is 0 Å². The van der Waals surface area contributed by atoms with Gasteiger partial charge in [-0.05, 0) is 32.4 Å². The van der Waals surface area contributed by atoms with Crippen molar-refractivity contribution in [2.24, 2.45) is 0 Å². The molecule has 1 amide bonds. The Morgan fingerprint density at radius 2 is 2.05 bits per heavy atom. The number of carbonyl (C=O) groups excluding carboxylic acids is 1. The topological polar surface area (TPSA) is 59.8 Å². The molecule has 1 heterocycles. The highest BCUT2D eigenvalue weighted by Crippen LogP contribution is 2.08. The Kier molecular flexibility index (Phi) is 3.94. The molecule has 0 fully saturated rings. The lowest BCUT2D eigenvalue weighted by molar-refractivity contribution is 0.0934. The van der Waals surface area contributed by atoms with Crippen molar-refractivity contribution >= 4 is 5.91 Å². The second kappa shape index (κ2) is 5.65. The molecule has 0 bridgehead atoms. The molecule has 0 spiro atoms. The fourth-order valence-corrected chi connectivity index (χ4v) is 1.59. The molecule has 5 heteroatoms. The minimum Gasteiger partial charge on any atom is -0.348 e. The van der Waals surface area contributed by atoms with Crippen molar-refractivity contribution in [3.63, 3.8) is 0 Å². The van der Waals surface area contributed by atoms with E-state index in [1.807, 2.05) is 45.0 Å². The van der Waals surface area contributed by atoms with Gasteiger partial charge >= 0.3 is 0 Å². The number of benzene rings is 1. The highest BCUT2D eigenvalue weighted by atomic mass is 16.2. The molecule has 1 atom stereocenters. The van der Waals surface area contributed by atoms with Crippen LogP contribution in [-0.2, 0) is 0 Å². The predicted molar refractivity (Wildman–Crippen MR) is 73.3 cm³/mol. The lowest BCUT2D eigenvalue weighted by Crippen LogP contribution is -2.32. The Balaban J connectivity index is 2.15. The summed E-state index contributed by atoms with van der Waals surface area (Å²) in [6.07, 6.45) is 2.53. The third-order valence-electron chi connectivity index (χ3n) is 3.01. The van der Waals surface area contributed by atoms with Gasteiger partial charge in [-0.15, -0.1) is 5.10 Å². The number of nitrogens with one attached hydrogen (secondary N) is 1. The summed E-state index contributed by atoms with van der Waals surface area (Å²) in [4.78, 5) is 11.9. The number of hydrogen-bond acceptors (Lipinski definition) is 3. The molecule has 0 saturated carbocycles. The molecular weight excluding hydrogens is 240 g/mol. The van der Waals surface area contributed by atoms with Crippen LogP contribution in [0.3, 0.4) is 0 Å². The smallest absolute Gasteiger partial charge is 0.273 e. The summed E-state index contributed by atoms with van der Waals surface area (Å²) in [6, 6.07) is 8.02. The van der Waals surface area contributed by atoms with E-state index in [0.29, 0.717) is 5.69 Å². The third kappa shape index (κ3) is 3.19. The monoisotopic (exact) mass is 258 g/mol. The lowest BCUT2D eigenvalue weighted by Gasteiger charge is -2.08. The molecule has 2 aromatic rings. The summed E-state index contributed by atoms with van der Waals surface area (Å²) < 4.78 is 1.60. The van der Waals surface area contributed by atoms with Crippen LogP contribution >= 0.6 is 0 Å². The molecule has 0 radical (unpaired) electrons. The standard InChI is InChI=1S/C14H18N4O/c1-4-11(3)15-14(19)13-9-18(17-16-13)12-7-5-10(2)6-8-12/h5-9,11H,4H2,1-3H3,(H,15,19)/t11-/m1/s1. The maximum absolute atomic E-state index is 11.9. The van der Waals surface area contributed by atoms with Crippen LogP contribution in [0.25, 0.3) is 5.69 Å². The van der Waals surface area contributed by atoms with Crippen molar-refractivity contribution in [3.8, 4) is 5.69 Å². The van der Waals surface area contributed by atoms with E-state index in [1.165, 1.54) is 5.56 Å². The van der Waals surface area contributed by atoms with Crippen molar-refractivity contribution in [1.29, 1.82) is 0 Å². The molecule has 0 aliphatic rings. The number of nitrogens with zero attached hydrogens (tertiary/aromatic N) is 3. The molecule has 19 heavy (non-hydrogen) atoms. The van der Waals surface area contributed by atoms with Gasteiger partial charge in [0.25, 0.3) is 5.91 Å². The molecule has 2 rings (SSSR count). The number of carbonyl (C=O) groups is 1. The van der Waals surface area contributed by atoms with Gasteiger partial charge in [0.15, 0.2) is 5.69 Å². The molecule has 100 valence electrons. The van der Waals surface area contributed by atoms with Crippen molar-refractivity contribution in [2.45, 2.75) is 33.2 Å². The molecule has 0 aliphatic carbocycles. The van der Waals surface area contributed by atoms with Gasteiger partial charge in [-0.2, -0.15) is 0 Å². The first-order chi connectivity index (χ1) is 9.10. The fourth-order valence-electron chi connectivity index (χ4n) is 1.59. The Morgan fingerprint density at radius 1 is 1.37 bits per heavy atom. The van der Waals surface area contributed by atoms with Crippen molar-refractivity contribution in [2.75, 3.05) is 0 Å². The van der Waals surface area contributed by atoms with E-state index in [-0.39, 0.29) is 11.9 Å². The second-order valence-corrected chi connectivity index (χ2v) is 4.67. The van der Waals surface area contributed by atoms with Gasteiger partial charge in [-0.3, -0.25) is 4.79 Å². The zero-order chi connectivity index (χ0) is 13.8. The predicted octanol–water partition coefficient (Wildman–Crippen LogP) is 2.10. The highest BCUT2D eigenvalue weighted by molar-refractivity contribution is 5.92. The normalized spacial score (nSPS) is 12.2. The van der Waals surface area contributed by atoms with Gasteiger partial charge in [-0.1, -0.05) is 29.8 Å². The third-order valence-corrected chi connectivity index (χ3v) is 3.01. The first-order valence-electron chi connectivity index (χ1n) is 6.40. The van der Waals surface area contributed by atoms with Gasteiger partial charge in [-0.25, -0.2) is 4.68 Å². The maximum atomic E-state index is 11.9. The average Bonchev–Trinajstić information content (AvgIpc) is 2.89. The number of amides is 1. The summed E-state index contributed by atoms with van der Waals surface area (Å²) in [7, 11) is 0. The van der Waals surface area contributed by atoms with Crippen molar-refractivity contribution < 1.29 is 4.79 Å². The number of rotatable bonds is 4. The van der Waals surface area contributed by atoms with Crippen LogP contribution in [0.5, 0.6) is 0 Å². The molecule has 0 aliphatic heterocycles. The SMILES string of the molecule is CC[C@@H](C)NC(=O)c1cn(-c2ccc(C)cc2)nn1. The summed E-state index contributed by atoms with van der Waals surface area (Å²) in [5.74, 6) is -0.187. The lowest BCUT2D eigenvalue weighted by atomic mass is 10.2. The van der Waals surface area contributed by atoms with Crippen LogP contribution in [0.4, 0.5) is 0 Å². The molecular formula is C14H18N4O. The number of hydrogen-bond donors (Lipinski definition) is 1. The molecule has 1 N–H and O–H groups in total. The average molecular weight is 258 g/mol. The molecule has 5 nitrogen and oxygen atoms in total.